The average Bonchev–Trinajstić information content (AvgIpc) is 2.20. The van der Waals surface area contributed by atoms with Gasteiger partial charge < -0.3 is 5.73 Å². The Morgan fingerprint density at radius 1 is 1.20 bits per heavy atom. The minimum Gasteiger partial charge on any atom is -0.330 e. The van der Waals surface area contributed by atoms with Crippen molar-refractivity contribution in [2.45, 2.75) is 32.6 Å². The second kappa shape index (κ2) is 4.71. The minimum atomic E-state index is -0.781. The molecule has 0 fully saturated rings. The molecular formula is C12H17F2N. The first-order chi connectivity index (χ1) is 6.97. The zero-order chi connectivity index (χ0) is 11.6. The SMILES string of the molecule is CC(C)c1cc(F)c(F)c(C(C)CN)c1. The zero-order valence-electron chi connectivity index (χ0n) is 9.35. The van der Waals surface area contributed by atoms with Gasteiger partial charge in [0.2, 0.25) is 0 Å². The Morgan fingerprint density at radius 2 is 1.80 bits per heavy atom. The highest BCUT2D eigenvalue weighted by Crippen LogP contribution is 2.25. The van der Waals surface area contributed by atoms with Crippen LogP contribution in [0, 0.1) is 11.6 Å². The predicted octanol–water partition coefficient (Wildman–Crippen LogP) is 3.15. The van der Waals surface area contributed by atoms with Gasteiger partial charge in [0.25, 0.3) is 0 Å². The van der Waals surface area contributed by atoms with Crippen molar-refractivity contribution in [3.8, 4) is 0 Å². The van der Waals surface area contributed by atoms with Crippen LogP contribution in [-0.2, 0) is 0 Å². The molecule has 0 aliphatic carbocycles. The third-order valence-electron chi connectivity index (χ3n) is 2.63. The lowest BCUT2D eigenvalue weighted by atomic mass is 9.94. The summed E-state index contributed by atoms with van der Waals surface area (Å²) >= 11 is 0. The Hall–Kier alpha value is -0.960. The highest BCUT2D eigenvalue weighted by molar-refractivity contribution is 5.30. The maximum Gasteiger partial charge on any atom is 0.162 e. The van der Waals surface area contributed by atoms with E-state index in [1.165, 1.54) is 6.07 Å². The molecule has 0 aliphatic rings. The first kappa shape index (κ1) is 12.1. The summed E-state index contributed by atoms with van der Waals surface area (Å²) in [5, 5.41) is 0. The van der Waals surface area contributed by atoms with Gasteiger partial charge >= 0.3 is 0 Å². The fraction of sp³-hybridized carbons (Fsp3) is 0.500. The van der Waals surface area contributed by atoms with Gasteiger partial charge in [-0.2, -0.15) is 0 Å². The van der Waals surface area contributed by atoms with E-state index in [9.17, 15) is 8.78 Å². The van der Waals surface area contributed by atoms with Crippen molar-refractivity contribution >= 4 is 0 Å². The quantitative estimate of drug-likeness (QED) is 0.820. The Bertz CT molecular complexity index is 348. The first-order valence-electron chi connectivity index (χ1n) is 5.16. The summed E-state index contributed by atoms with van der Waals surface area (Å²) in [4.78, 5) is 0. The Labute approximate surface area is 89.3 Å². The van der Waals surface area contributed by atoms with E-state index >= 15 is 0 Å². The molecule has 1 aromatic rings. The summed E-state index contributed by atoms with van der Waals surface area (Å²) in [5.41, 5.74) is 6.65. The second-order valence-corrected chi connectivity index (χ2v) is 4.20. The number of nitrogens with two attached hydrogens (primary N) is 1. The number of hydrogen-bond acceptors (Lipinski definition) is 1. The highest BCUT2D eigenvalue weighted by Gasteiger charge is 2.16. The average molecular weight is 213 g/mol. The van der Waals surface area contributed by atoms with Crippen molar-refractivity contribution in [3.63, 3.8) is 0 Å². The second-order valence-electron chi connectivity index (χ2n) is 4.20. The molecule has 1 nitrogen and oxygen atoms in total. The van der Waals surface area contributed by atoms with Gasteiger partial charge in [0, 0.05) is 0 Å². The third kappa shape index (κ3) is 2.53. The van der Waals surface area contributed by atoms with E-state index < -0.39 is 11.6 Å². The molecule has 0 aromatic heterocycles. The molecule has 0 saturated carbocycles. The van der Waals surface area contributed by atoms with Crippen LogP contribution < -0.4 is 5.73 Å². The van der Waals surface area contributed by atoms with Crippen LogP contribution in [0.5, 0.6) is 0 Å². The standard InChI is InChI=1S/C12H17F2N/c1-7(2)9-4-10(8(3)6-15)12(14)11(13)5-9/h4-5,7-8H,6,15H2,1-3H3. The molecule has 0 saturated heterocycles. The van der Waals surface area contributed by atoms with Crippen LogP contribution in [-0.4, -0.2) is 6.54 Å². The first-order valence-corrected chi connectivity index (χ1v) is 5.16. The molecule has 0 heterocycles. The summed E-state index contributed by atoms with van der Waals surface area (Å²) in [5.74, 6) is -1.52. The molecular weight excluding hydrogens is 196 g/mol. The Kier molecular flexibility index (Phi) is 3.80. The maximum atomic E-state index is 13.5. The van der Waals surface area contributed by atoms with Gasteiger partial charge in [-0.25, -0.2) is 8.78 Å². The van der Waals surface area contributed by atoms with Crippen molar-refractivity contribution in [3.05, 3.63) is 34.9 Å². The molecule has 1 atom stereocenters. The zero-order valence-corrected chi connectivity index (χ0v) is 9.35. The number of hydrogen-bond donors (Lipinski definition) is 1. The van der Waals surface area contributed by atoms with Crippen molar-refractivity contribution in [2.24, 2.45) is 5.73 Å². The van der Waals surface area contributed by atoms with Gasteiger partial charge in [-0.15, -0.1) is 0 Å². The monoisotopic (exact) mass is 213 g/mol. The summed E-state index contributed by atoms with van der Waals surface area (Å²) < 4.78 is 26.7. The fourth-order valence-corrected chi connectivity index (χ4v) is 1.45. The van der Waals surface area contributed by atoms with Gasteiger partial charge in [-0.05, 0) is 35.6 Å². The molecule has 2 N–H and O–H groups in total. The summed E-state index contributed by atoms with van der Waals surface area (Å²) in [6.07, 6.45) is 0. The van der Waals surface area contributed by atoms with Gasteiger partial charge in [0.1, 0.15) is 0 Å². The van der Waals surface area contributed by atoms with E-state index in [0.717, 1.165) is 5.56 Å². The lowest BCUT2D eigenvalue weighted by Gasteiger charge is -2.14. The molecule has 0 aliphatic heterocycles. The molecule has 84 valence electrons. The van der Waals surface area contributed by atoms with Crippen LogP contribution in [0.1, 0.15) is 43.7 Å². The van der Waals surface area contributed by atoms with E-state index in [0.29, 0.717) is 12.1 Å². The van der Waals surface area contributed by atoms with Crippen molar-refractivity contribution in [2.75, 3.05) is 6.54 Å². The van der Waals surface area contributed by atoms with Crippen molar-refractivity contribution < 1.29 is 8.78 Å². The largest absolute Gasteiger partial charge is 0.330 e. The van der Waals surface area contributed by atoms with E-state index in [-0.39, 0.29) is 11.8 Å². The Balaban J connectivity index is 3.25. The molecule has 1 aromatic carbocycles. The molecule has 0 bridgehead atoms. The van der Waals surface area contributed by atoms with Gasteiger partial charge in [0.15, 0.2) is 11.6 Å². The van der Waals surface area contributed by atoms with Crippen LogP contribution >= 0.6 is 0 Å². The van der Waals surface area contributed by atoms with Gasteiger partial charge in [0.05, 0.1) is 0 Å². The highest BCUT2D eigenvalue weighted by atomic mass is 19.2. The molecule has 0 amide bonds. The van der Waals surface area contributed by atoms with Gasteiger partial charge in [-0.1, -0.05) is 26.8 Å². The van der Waals surface area contributed by atoms with E-state index in [2.05, 4.69) is 0 Å². The number of rotatable bonds is 3. The third-order valence-corrected chi connectivity index (χ3v) is 2.63. The van der Waals surface area contributed by atoms with Crippen LogP contribution in [0.15, 0.2) is 12.1 Å². The molecule has 0 spiro atoms. The van der Waals surface area contributed by atoms with Crippen LogP contribution in [0.4, 0.5) is 8.78 Å². The lowest BCUT2D eigenvalue weighted by Crippen LogP contribution is -2.12. The maximum absolute atomic E-state index is 13.5. The van der Waals surface area contributed by atoms with Crippen LogP contribution in [0.2, 0.25) is 0 Å². The summed E-state index contributed by atoms with van der Waals surface area (Å²) in [6.45, 7) is 6.01. The number of halogens is 2. The lowest BCUT2D eigenvalue weighted by molar-refractivity contribution is 0.489. The van der Waals surface area contributed by atoms with E-state index in [1.54, 1.807) is 13.0 Å². The van der Waals surface area contributed by atoms with Gasteiger partial charge in [-0.3, -0.25) is 0 Å². The minimum absolute atomic E-state index is 0.154. The van der Waals surface area contributed by atoms with E-state index in [1.807, 2.05) is 13.8 Å². The number of benzene rings is 1. The summed E-state index contributed by atoms with van der Waals surface area (Å²) in [6, 6.07) is 2.97. The van der Waals surface area contributed by atoms with E-state index in [4.69, 9.17) is 5.73 Å². The van der Waals surface area contributed by atoms with Crippen molar-refractivity contribution in [1.82, 2.24) is 0 Å². The Morgan fingerprint density at radius 3 is 2.27 bits per heavy atom. The summed E-state index contributed by atoms with van der Waals surface area (Å²) in [7, 11) is 0. The molecule has 1 unspecified atom stereocenters. The molecule has 15 heavy (non-hydrogen) atoms. The van der Waals surface area contributed by atoms with Crippen molar-refractivity contribution in [1.29, 1.82) is 0 Å². The molecule has 0 radical (unpaired) electrons. The smallest absolute Gasteiger partial charge is 0.162 e. The normalized spacial score (nSPS) is 13.3. The van der Waals surface area contributed by atoms with Crippen LogP contribution in [0.3, 0.4) is 0 Å². The molecule has 3 heteroatoms. The topological polar surface area (TPSA) is 26.0 Å². The predicted molar refractivity (Wildman–Crippen MR) is 57.9 cm³/mol. The van der Waals surface area contributed by atoms with Crippen LogP contribution in [0.25, 0.3) is 0 Å². The molecule has 1 rings (SSSR count). The fourth-order valence-electron chi connectivity index (χ4n) is 1.45.